The van der Waals surface area contributed by atoms with Crippen molar-refractivity contribution < 1.29 is 29.9 Å². The van der Waals surface area contributed by atoms with Gasteiger partial charge in [-0.3, -0.25) is 0 Å². The van der Waals surface area contributed by atoms with Gasteiger partial charge in [-0.2, -0.15) is 0 Å². The number of ether oxygens (including phenoxy) is 2. The highest BCUT2D eigenvalue weighted by atomic mass is 16.5. The lowest BCUT2D eigenvalue weighted by Crippen LogP contribution is -2.24. The van der Waals surface area contributed by atoms with E-state index in [1.54, 1.807) is 0 Å². The maximum atomic E-state index is 9.02. The fraction of sp³-hybridized carbons (Fsp3) is 1.00. The first-order chi connectivity index (χ1) is 9.52. The summed E-state index contributed by atoms with van der Waals surface area (Å²) in [7, 11) is 0. The van der Waals surface area contributed by atoms with Crippen LogP contribution in [0.15, 0.2) is 0 Å². The molecule has 4 N–H and O–H groups in total. The zero-order valence-corrected chi connectivity index (χ0v) is 12.6. The van der Waals surface area contributed by atoms with Crippen LogP contribution in [-0.4, -0.2) is 59.4 Å². The van der Waals surface area contributed by atoms with Crippen molar-refractivity contribution in [1.29, 1.82) is 0 Å². The van der Waals surface area contributed by atoms with Gasteiger partial charge >= 0.3 is 0 Å². The van der Waals surface area contributed by atoms with E-state index in [0.717, 1.165) is 12.8 Å². The molecule has 0 aromatic carbocycles. The molecule has 122 valence electrons. The first-order valence-corrected chi connectivity index (χ1v) is 7.40. The first kappa shape index (κ1) is 19.8. The Bertz CT molecular complexity index is 188. The lowest BCUT2D eigenvalue weighted by Gasteiger charge is -2.17. The second-order valence-electron chi connectivity index (χ2n) is 5.02. The molecule has 0 saturated heterocycles. The Morgan fingerprint density at radius 1 is 0.700 bits per heavy atom. The molecule has 0 heterocycles. The molecule has 2 unspecified atom stereocenters. The van der Waals surface area contributed by atoms with Gasteiger partial charge in [-0.1, -0.05) is 13.8 Å². The summed E-state index contributed by atoms with van der Waals surface area (Å²) in [5.74, 6) is -0.467. The molecule has 0 aliphatic rings. The van der Waals surface area contributed by atoms with Crippen LogP contribution in [0.4, 0.5) is 0 Å². The van der Waals surface area contributed by atoms with Crippen molar-refractivity contribution in [3.8, 4) is 0 Å². The van der Waals surface area contributed by atoms with Crippen molar-refractivity contribution in [3.05, 3.63) is 0 Å². The van der Waals surface area contributed by atoms with Crippen LogP contribution in [0.25, 0.3) is 0 Å². The quantitative estimate of drug-likeness (QED) is 0.291. The minimum atomic E-state index is -1.32. The Kier molecular flexibility index (Phi) is 12.3. The lowest BCUT2D eigenvalue weighted by atomic mass is 10.1. The summed E-state index contributed by atoms with van der Waals surface area (Å²) in [5.41, 5.74) is 0. The van der Waals surface area contributed by atoms with Gasteiger partial charge in [0, 0.05) is 25.0 Å². The van der Waals surface area contributed by atoms with Crippen molar-refractivity contribution in [1.82, 2.24) is 0 Å². The molecule has 0 saturated carbocycles. The fourth-order valence-electron chi connectivity index (χ4n) is 1.71. The Morgan fingerprint density at radius 3 is 1.30 bits per heavy atom. The molecule has 0 bridgehead atoms. The van der Waals surface area contributed by atoms with Gasteiger partial charge in [0.2, 0.25) is 0 Å². The summed E-state index contributed by atoms with van der Waals surface area (Å²) in [6.45, 7) is 5.61. The minimum Gasteiger partial charge on any atom is -0.381 e. The largest absolute Gasteiger partial charge is 0.381 e. The van der Waals surface area contributed by atoms with E-state index in [2.05, 4.69) is 0 Å². The van der Waals surface area contributed by atoms with E-state index in [0.29, 0.717) is 39.3 Å². The van der Waals surface area contributed by atoms with Crippen LogP contribution in [0.1, 0.15) is 39.5 Å². The van der Waals surface area contributed by atoms with Crippen LogP contribution < -0.4 is 0 Å². The smallest absolute Gasteiger partial charge is 0.156 e. The van der Waals surface area contributed by atoms with Crippen molar-refractivity contribution in [2.24, 2.45) is 11.8 Å². The number of hydrogen-bond acceptors (Lipinski definition) is 6. The summed E-state index contributed by atoms with van der Waals surface area (Å²) >= 11 is 0. The Hall–Kier alpha value is -0.240. The molecule has 0 aliphatic carbocycles. The molecule has 6 heteroatoms. The summed E-state index contributed by atoms with van der Waals surface area (Å²) < 4.78 is 10.8. The molecule has 0 aliphatic heterocycles. The molecular weight excluding hydrogens is 264 g/mol. The Labute approximate surface area is 121 Å². The van der Waals surface area contributed by atoms with E-state index in [9.17, 15) is 0 Å². The first-order valence-electron chi connectivity index (χ1n) is 7.40. The van der Waals surface area contributed by atoms with Crippen LogP contribution in [0.3, 0.4) is 0 Å². The van der Waals surface area contributed by atoms with Crippen molar-refractivity contribution in [2.75, 3.05) is 26.4 Å². The van der Waals surface area contributed by atoms with Crippen LogP contribution in [0, 0.1) is 11.8 Å². The third-order valence-electron chi connectivity index (χ3n) is 3.38. The SMILES string of the molecule is CCC(COCCCCOCC(CC)C(O)O)C(O)O. The standard InChI is InChI=1S/C14H30O6/c1-3-11(13(15)16)9-19-7-5-6-8-20-10-12(4-2)14(17)18/h11-18H,3-10H2,1-2H3. The summed E-state index contributed by atoms with van der Waals surface area (Å²) in [6.07, 6.45) is 0.358. The molecule has 6 nitrogen and oxygen atoms in total. The lowest BCUT2D eigenvalue weighted by molar-refractivity contribution is -0.108. The normalized spacial score (nSPS) is 15.0. The van der Waals surface area contributed by atoms with Gasteiger partial charge in [0.1, 0.15) is 0 Å². The van der Waals surface area contributed by atoms with Gasteiger partial charge in [0.05, 0.1) is 13.2 Å². The zero-order chi connectivity index (χ0) is 15.4. The monoisotopic (exact) mass is 294 g/mol. The third kappa shape index (κ3) is 9.63. The summed E-state index contributed by atoms with van der Waals surface area (Å²) in [4.78, 5) is 0. The van der Waals surface area contributed by atoms with E-state index in [-0.39, 0.29) is 11.8 Å². The van der Waals surface area contributed by atoms with Crippen LogP contribution >= 0.6 is 0 Å². The van der Waals surface area contributed by atoms with Crippen LogP contribution in [0.5, 0.6) is 0 Å². The minimum absolute atomic E-state index is 0.234. The number of unbranched alkanes of at least 4 members (excludes halogenated alkanes) is 1. The molecule has 0 amide bonds. The molecule has 0 spiro atoms. The zero-order valence-electron chi connectivity index (χ0n) is 12.6. The second-order valence-corrected chi connectivity index (χ2v) is 5.02. The molecule has 0 fully saturated rings. The molecule has 0 radical (unpaired) electrons. The van der Waals surface area contributed by atoms with Crippen molar-refractivity contribution in [2.45, 2.75) is 52.1 Å². The maximum Gasteiger partial charge on any atom is 0.156 e. The van der Waals surface area contributed by atoms with E-state index < -0.39 is 12.6 Å². The highest BCUT2D eigenvalue weighted by Crippen LogP contribution is 2.09. The highest BCUT2D eigenvalue weighted by molar-refractivity contribution is 4.58. The molecule has 20 heavy (non-hydrogen) atoms. The predicted octanol–water partition coefficient (Wildman–Crippen LogP) is 0.474. The van der Waals surface area contributed by atoms with Crippen LogP contribution in [0.2, 0.25) is 0 Å². The molecule has 2 atom stereocenters. The molecule has 0 rings (SSSR count). The van der Waals surface area contributed by atoms with E-state index >= 15 is 0 Å². The van der Waals surface area contributed by atoms with Crippen molar-refractivity contribution in [3.63, 3.8) is 0 Å². The number of rotatable bonds is 13. The summed E-state index contributed by atoms with van der Waals surface area (Å²) in [5, 5.41) is 36.1. The van der Waals surface area contributed by atoms with Gasteiger partial charge in [-0.25, -0.2) is 0 Å². The van der Waals surface area contributed by atoms with Crippen LogP contribution in [-0.2, 0) is 9.47 Å². The highest BCUT2D eigenvalue weighted by Gasteiger charge is 2.15. The number of aliphatic hydroxyl groups is 4. The van der Waals surface area contributed by atoms with Gasteiger partial charge in [-0.15, -0.1) is 0 Å². The molecular formula is C14H30O6. The molecule has 0 aromatic rings. The summed E-state index contributed by atoms with van der Waals surface area (Å²) in [6, 6.07) is 0. The Morgan fingerprint density at radius 2 is 1.05 bits per heavy atom. The second kappa shape index (κ2) is 12.5. The average molecular weight is 294 g/mol. The van der Waals surface area contributed by atoms with Gasteiger partial charge in [0.15, 0.2) is 12.6 Å². The third-order valence-corrected chi connectivity index (χ3v) is 3.38. The topological polar surface area (TPSA) is 99.4 Å². The van der Waals surface area contributed by atoms with E-state index in [4.69, 9.17) is 29.9 Å². The van der Waals surface area contributed by atoms with E-state index in [1.807, 2.05) is 13.8 Å². The van der Waals surface area contributed by atoms with Crippen molar-refractivity contribution >= 4 is 0 Å². The Balaban J connectivity index is 3.41. The fourth-order valence-corrected chi connectivity index (χ4v) is 1.71. The number of aliphatic hydroxyl groups excluding tert-OH is 2. The van der Waals surface area contributed by atoms with Gasteiger partial charge in [-0.05, 0) is 25.7 Å². The van der Waals surface area contributed by atoms with Gasteiger partial charge < -0.3 is 29.9 Å². The molecule has 0 aromatic heterocycles. The maximum absolute atomic E-state index is 9.02. The predicted molar refractivity (Wildman–Crippen MR) is 74.9 cm³/mol. The number of hydrogen-bond donors (Lipinski definition) is 4. The average Bonchev–Trinajstić information content (AvgIpc) is 2.40. The van der Waals surface area contributed by atoms with E-state index in [1.165, 1.54) is 0 Å². The van der Waals surface area contributed by atoms with Gasteiger partial charge in [0.25, 0.3) is 0 Å².